The Morgan fingerprint density at radius 2 is 2.06 bits per heavy atom. The van der Waals surface area contributed by atoms with E-state index in [1.807, 2.05) is 7.11 Å². The van der Waals surface area contributed by atoms with Gasteiger partial charge in [-0.05, 0) is 26.7 Å². The van der Waals surface area contributed by atoms with Gasteiger partial charge in [0.1, 0.15) is 0 Å². The summed E-state index contributed by atoms with van der Waals surface area (Å²) in [6, 6.07) is 0.458. The van der Waals surface area contributed by atoms with Crippen LogP contribution in [0.3, 0.4) is 0 Å². The molecule has 4 nitrogen and oxygen atoms in total. The molecule has 0 aromatic carbocycles. The fourth-order valence-corrected chi connectivity index (χ4v) is 3.39. The van der Waals surface area contributed by atoms with E-state index in [2.05, 4.69) is 18.7 Å². The Morgan fingerprint density at radius 1 is 1.33 bits per heavy atom. The highest BCUT2D eigenvalue weighted by Crippen LogP contribution is 2.36. The second-order valence-electron chi connectivity index (χ2n) is 5.56. The molecule has 2 atom stereocenters. The van der Waals surface area contributed by atoms with Crippen molar-refractivity contribution in [2.45, 2.75) is 57.2 Å². The number of nitrogens with two attached hydrogens (primary N) is 1. The Morgan fingerprint density at radius 3 is 2.56 bits per heavy atom. The highest BCUT2D eigenvalue weighted by atomic mass is 16.5. The van der Waals surface area contributed by atoms with Crippen molar-refractivity contribution in [1.82, 2.24) is 4.90 Å². The van der Waals surface area contributed by atoms with E-state index in [0.29, 0.717) is 12.6 Å². The lowest BCUT2D eigenvalue weighted by Gasteiger charge is -2.52. The monoisotopic (exact) mass is 258 g/mol. The summed E-state index contributed by atoms with van der Waals surface area (Å²) in [6.07, 6.45) is 4.98. The molecule has 2 unspecified atom stereocenters. The van der Waals surface area contributed by atoms with E-state index >= 15 is 0 Å². The van der Waals surface area contributed by atoms with Gasteiger partial charge in [0.05, 0.1) is 18.2 Å². The maximum Gasteiger partial charge on any atom is 0.0767 e. The molecule has 2 N–H and O–H groups in total. The standard InChI is InChI=1S/C14H30N2O2/c1-12(2)16(9-10-17-3)14(11-15)8-6-5-7-13(14)18-4/h12-13H,5-11,15H2,1-4H3. The van der Waals surface area contributed by atoms with E-state index in [1.54, 1.807) is 7.11 Å². The van der Waals surface area contributed by atoms with E-state index < -0.39 is 0 Å². The van der Waals surface area contributed by atoms with Gasteiger partial charge in [0.15, 0.2) is 0 Å². The molecule has 0 radical (unpaired) electrons. The summed E-state index contributed by atoms with van der Waals surface area (Å²) in [5.74, 6) is 0. The molecule has 0 aromatic heterocycles. The smallest absolute Gasteiger partial charge is 0.0767 e. The molecule has 1 rings (SSSR count). The van der Waals surface area contributed by atoms with Gasteiger partial charge in [0.25, 0.3) is 0 Å². The van der Waals surface area contributed by atoms with Crippen molar-refractivity contribution in [2.75, 3.05) is 33.9 Å². The molecule has 18 heavy (non-hydrogen) atoms. The maximum absolute atomic E-state index is 6.15. The van der Waals surface area contributed by atoms with Crippen molar-refractivity contribution in [1.29, 1.82) is 0 Å². The fourth-order valence-electron chi connectivity index (χ4n) is 3.39. The Bertz CT molecular complexity index is 236. The SMILES string of the molecule is COCCN(C(C)C)C1(CN)CCCCC1OC. The molecular formula is C14H30N2O2. The van der Waals surface area contributed by atoms with Crippen molar-refractivity contribution in [2.24, 2.45) is 5.73 Å². The minimum Gasteiger partial charge on any atom is -0.383 e. The normalized spacial score (nSPS) is 29.2. The Labute approximate surface area is 112 Å². The molecule has 1 aliphatic carbocycles. The zero-order valence-corrected chi connectivity index (χ0v) is 12.4. The highest BCUT2D eigenvalue weighted by Gasteiger charge is 2.45. The summed E-state index contributed by atoms with van der Waals surface area (Å²) in [5.41, 5.74) is 6.14. The second kappa shape index (κ2) is 7.43. The third-order valence-corrected chi connectivity index (χ3v) is 4.29. The molecule has 0 saturated heterocycles. The van der Waals surface area contributed by atoms with E-state index in [0.717, 1.165) is 26.0 Å². The molecule has 4 heteroatoms. The van der Waals surface area contributed by atoms with Gasteiger partial charge in [-0.25, -0.2) is 0 Å². The van der Waals surface area contributed by atoms with Crippen LogP contribution in [0.15, 0.2) is 0 Å². The maximum atomic E-state index is 6.15. The van der Waals surface area contributed by atoms with Crippen LogP contribution < -0.4 is 5.73 Å². The zero-order valence-electron chi connectivity index (χ0n) is 12.4. The van der Waals surface area contributed by atoms with Gasteiger partial charge in [0, 0.05) is 33.4 Å². The van der Waals surface area contributed by atoms with Crippen LogP contribution in [0, 0.1) is 0 Å². The minimum absolute atomic E-state index is 0.0142. The summed E-state index contributed by atoms with van der Waals surface area (Å²) in [6.45, 7) is 6.79. The van der Waals surface area contributed by atoms with Crippen LogP contribution in [0.2, 0.25) is 0 Å². The topological polar surface area (TPSA) is 47.7 Å². The first-order valence-electron chi connectivity index (χ1n) is 7.11. The summed E-state index contributed by atoms with van der Waals surface area (Å²) >= 11 is 0. The summed E-state index contributed by atoms with van der Waals surface area (Å²) in [4.78, 5) is 2.49. The first-order chi connectivity index (χ1) is 8.62. The summed E-state index contributed by atoms with van der Waals surface area (Å²) < 4.78 is 11.0. The van der Waals surface area contributed by atoms with E-state index in [-0.39, 0.29) is 11.6 Å². The molecule has 1 fully saturated rings. The molecule has 0 amide bonds. The van der Waals surface area contributed by atoms with Gasteiger partial charge < -0.3 is 15.2 Å². The molecule has 0 spiro atoms. The summed E-state index contributed by atoms with van der Waals surface area (Å²) in [5, 5.41) is 0. The Kier molecular flexibility index (Phi) is 6.57. The zero-order chi connectivity index (χ0) is 13.6. The molecule has 108 valence electrons. The number of nitrogens with zero attached hydrogens (tertiary/aromatic N) is 1. The van der Waals surface area contributed by atoms with Gasteiger partial charge in [-0.2, -0.15) is 0 Å². The van der Waals surface area contributed by atoms with Crippen LogP contribution in [0.1, 0.15) is 39.5 Å². The largest absolute Gasteiger partial charge is 0.383 e. The minimum atomic E-state index is -0.0142. The van der Waals surface area contributed by atoms with Crippen LogP contribution in [0.5, 0.6) is 0 Å². The van der Waals surface area contributed by atoms with Gasteiger partial charge in [-0.15, -0.1) is 0 Å². The third kappa shape index (κ3) is 3.23. The van der Waals surface area contributed by atoms with E-state index in [9.17, 15) is 0 Å². The van der Waals surface area contributed by atoms with Crippen molar-refractivity contribution in [3.05, 3.63) is 0 Å². The number of hydrogen-bond donors (Lipinski definition) is 1. The number of rotatable bonds is 7. The van der Waals surface area contributed by atoms with Crippen molar-refractivity contribution in [3.63, 3.8) is 0 Å². The lowest BCUT2D eigenvalue weighted by Crippen LogP contribution is -2.65. The highest BCUT2D eigenvalue weighted by molar-refractivity contribution is 5.02. The first kappa shape index (κ1) is 15.9. The third-order valence-electron chi connectivity index (χ3n) is 4.29. The predicted octanol–water partition coefficient (Wildman–Crippen LogP) is 1.63. The predicted molar refractivity (Wildman–Crippen MR) is 74.8 cm³/mol. The average Bonchev–Trinajstić information content (AvgIpc) is 2.39. The molecule has 0 heterocycles. The van der Waals surface area contributed by atoms with E-state index in [1.165, 1.54) is 12.8 Å². The molecule has 0 bridgehead atoms. The number of ether oxygens (including phenoxy) is 2. The molecule has 1 saturated carbocycles. The van der Waals surface area contributed by atoms with Crippen LogP contribution in [-0.2, 0) is 9.47 Å². The van der Waals surface area contributed by atoms with Crippen LogP contribution in [0.25, 0.3) is 0 Å². The lowest BCUT2D eigenvalue weighted by atomic mass is 9.77. The van der Waals surface area contributed by atoms with Crippen molar-refractivity contribution < 1.29 is 9.47 Å². The van der Waals surface area contributed by atoms with Gasteiger partial charge in [-0.3, -0.25) is 4.90 Å². The Balaban J connectivity index is 2.91. The van der Waals surface area contributed by atoms with Crippen LogP contribution in [0.4, 0.5) is 0 Å². The summed E-state index contributed by atoms with van der Waals surface area (Å²) in [7, 11) is 3.57. The second-order valence-corrected chi connectivity index (χ2v) is 5.56. The number of hydrogen-bond acceptors (Lipinski definition) is 4. The molecular weight excluding hydrogens is 228 g/mol. The molecule has 0 aliphatic heterocycles. The van der Waals surface area contributed by atoms with Gasteiger partial charge >= 0.3 is 0 Å². The van der Waals surface area contributed by atoms with Crippen LogP contribution in [-0.4, -0.2) is 56.5 Å². The Hall–Kier alpha value is -0.160. The van der Waals surface area contributed by atoms with Gasteiger partial charge in [0.2, 0.25) is 0 Å². The average molecular weight is 258 g/mol. The van der Waals surface area contributed by atoms with Crippen molar-refractivity contribution >= 4 is 0 Å². The lowest BCUT2D eigenvalue weighted by molar-refractivity contribution is -0.0922. The van der Waals surface area contributed by atoms with Crippen LogP contribution >= 0.6 is 0 Å². The number of methoxy groups -OCH3 is 2. The fraction of sp³-hybridized carbons (Fsp3) is 1.00. The van der Waals surface area contributed by atoms with Crippen molar-refractivity contribution in [3.8, 4) is 0 Å². The quantitative estimate of drug-likeness (QED) is 0.754. The van der Waals surface area contributed by atoms with E-state index in [4.69, 9.17) is 15.2 Å². The first-order valence-corrected chi connectivity index (χ1v) is 7.11. The molecule has 1 aliphatic rings. The van der Waals surface area contributed by atoms with Gasteiger partial charge in [-0.1, -0.05) is 12.8 Å². The molecule has 0 aromatic rings.